The lowest BCUT2D eigenvalue weighted by molar-refractivity contribution is -0.121. The Bertz CT molecular complexity index is 290. The number of nitrogens with one attached hydrogen (secondary N) is 1. The van der Waals surface area contributed by atoms with Gasteiger partial charge in [-0.25, -0.2) is 5.14 Å². The molecule has 0 saturated carbocycles. The highest BCUT2D eigenvalue weighted by Gasteiger charge is 2.19. The van der Waals surface area contributed by atoms with Crippen molar-refractivity contribution in [3.8, 4) is 0 Å². The van der Waals surface area contributed by atoms with Crippen molar-refractivity contribution >= 4 is 16.1 Å². The summed E-state index contributed by atoms with van der Waals surface area (Å²) >= 11 is 0. The molecule has 0 saturated heterocycles. The molecule has 0 aliphatic carbocycles. The van der Waals surface area contributed by atoms with Crippen LogP contribution in [0.25, 0.3) is 0 Å². The molecule has 90 valence electrons. The van der Waals surface area contributed by atoms with E-state index >= 15 is 0 Å². The van der Waals surface area contributed by atoms with Crippen LogP contribution < -0.4 is 10.5 Å². The van der Waals surface area contributed by atoms with Crippen LogP contribution in [0.1, 0.15) is 26.7 Å². The predicted octanol–water partition coefficient (Wildman–Crippen LogP) is -0.572. The van der Waals surface area contributed by atoms with Crippen molar-refractivity contribution in [3.63, 3.8) is 0 Å². The first kappa shape index (κ1) is 14.3. The first-order chi connectivity index (χ1) is 6.91. The molecule has 0 radical (unpaired) electrons. The Morgan fingerprint density at radius 1 is 1.33 bits per heavy atom. The van der Waals surface area contributed by atoms with E-state index in [2.05, 4.69) is 5.32 Å². The van der Waals surface area contributed by atoms with Crippen LogP contribution in [0.3, 0.4) is 0 Å². The minimum Gasteiger partial charge on any atom is -0.355 e. The number of rotatable bonds is 7. The fourth-order valence-corrected chi connectivity index (χ4v) is 1.76. The second-order valence-electron chi connectivity index (χ2n) is 3.23. The maximum absolute atomic E-state index is 11.3. The van der Waals surface area contributed by atoms with Crippen LogP contribution in [0.15, 0.2) is 0 Å². The third-order valence-electron chi connectivity index (χ3n) is 1.73. The fourth-order valence-electron chi connectivity index (χ4n) is 1.03. The van der Waals surface area contributed by atoms with Gasteiger partial charge in [-0.3, -0.25) is 4.79 Å². The molecular weight excluding hydrogens is 218 g/mol. The van der Waals surface area contributed by atoms with E-state index in [1.165, 1.54) is 0 Å². The molecule has 0 fully saturated rings. The van der Waals surface area contributed by atoms with E-state index in [1.54, 1.807) is 0 Å². The van der Waals surface area contributed by atoms with Gasteiger partial charge in [-0.15, -0.1) is 0 Å². The number of nitrogens with two attached hydrogens (primary N) is 1. The molecule has 0 aromatic rings. The fraction of sp³-hybridized carbons (Fsp3) is 0.875. The number of carbonyl (C=O) groups is 1. The van der Waals surface area contributed by atoms with Crippen molar-refractivity contribution in [2.45, 2.75) is 26.7 Å². The van der Waals surface area contributed by atoms with Gasteiger partial charge in [-0.05, 0) is 12.8 Å². The van der Waals surface area contributed by atoms with Crippen LogP contribution in [0.5, 0.6) is 0 Å². The average Bonchev–Trinajstić information content (AvgIpc) is 2.12. The lowest BCUT2D eigenvalue weighted by Gasteiger charge is -2.17. The second kappa shape index (κ2) is 6.76. The van der Waals surface area contributed by atoms with Crippen molar-refractivity contribution in [3.05, 3.63) is 0 Å². The van der Waals surface area contributed by atoms with Crippen molar-refractivity contribution in [2.24, 2.45) is 5.14 Å². The first-order valence-corrected chi connectivity index (χ1v) is 6.46. The van der Waals surface area contributed by atoms with Crippen LogP contribution in [-0.4, -0.2) is 38.3 Å². The minimum atomic E-state index is -3.77. The van der Waals surface area contributed by atoms with Gasteiger partial charge in [0, 0.05) is 13.1 Å². The van der Waals surface area contributed by atoms with Gasteiger partial charge in [0.05, 0.1) is 6.54 Å². The molecule has 0 rings (SSSR count). The summed E-state index contributed by atoms with van der Waals surface area (Å²) in [6, 6.07) is 0. The van der Waals surface area contributed by atoms with Crippen LogP contribution in [0.2, 0.25) is 0 Å². The Hall–Kier alpha value is -0.660. The largest absolute Gasteiger partial charge is 0.355 e. The molecule has 0 spiro atoms. The minimum absolute atomic E-state index is 0.202. The van der Waals surface area contributed by atoms with E-state index in [0.29, 0.717) is 13.0 Å². The normalized spacial score (nSPS) is 11.7. The Balaban J connectivity index is 4.23. The molecule has 0 unspecified atom stereocenters. The van der Waals surface area contributed by atoms with Crippen LogP contribution in [0.4, 0.5) is 0 Å². The summed E-state index contributed by atoms with van der Waals surface area (Å²) in [7, 11) is -3.77. The van der Waals surface area contributed by atoms with Gasteiger partial charge in [-0.2, -0.15) is 12.7 Å². The summed E-state index contributed by atoms with van der Waals surface area (Å²) in [5.74, 6) is -0.320. The van der Waals surface area contributed by atoms with Crippen molar-refractivity contribution < 1.29 is 13.2 Å². The Labute approximate surface area is 91.0 Å². The molecule has 0 aromatic heterocycles. The molecule has 3 N–H and O–H groups in total. The molecule has 1 amide bonds. The lowest BCUT2D eigenvalue weighted by Crippen LogP contribution is -2.44. The SMILES string of the molecule is CCCNC(=O)CN(CCC)S(N)(=O)=O. The molecule has 6 nitrogen and oxygen atoms in total. The van der Waals surface area contributed by atoms with Gasteiger partial charge in [0.15, 0.2) is 0 Å². The highest BCUT2D eigenvalue weighted by Crippen LogP contribution is 1.96. The van der Waals surface area contributed by atoms with Gasteiger partial charge in [0.25, 0.3) is 10.2 Å². The van der Waals surface area contributed by atoms with E-state index in [4.69, 9.17) is 5.14 Å². The summed E-state index contributed by atoms with van der Waals surface area (Å²) in [4.78, 5) is 11.3. The molecule has 15 heavy (non-hydrogen) atoms. The summed E-state index contributed by atoms with van der Waals surface area (Å²) in [5, 5.41) is 7.55. The zero-order valence-electron chi connectivity index (χ0n) is 9.19. The third-order valence-corrected chi connectivity index (χ3v) is 2.76. The molecule has 7 heteroatoms. The van der Waals surface area contributed by atoms with E-state index in [-0.39, 0.29) is 19.0 Å². The molecule has 0 aliphatic rings. The van der Waals surface area contributed by atoms with Crippen molar-refractivity contribution in [2.75, 3.05) is 19.6 Å². The third kappa shape index (κ3) is 6.43. The average molecular weight is 237 g/mol. The van der Waals surface area contributed by atoms with Gasteiger partial charge in [0.1, 0.15) is 0 Å². The lowest BCUT2D eigenvalue weighted by atomic mass is 10.4. The number of carbonyl (C=O) groups excluding carboxylic acids is 1. The molecule has 0 aromatic carbocycles. The Kier molecular flexibility index (Phi) is 6.46. The predicted molar refractivity (Wildman–Crippen MR) is 58.3 cm³/mol. The maximum Gasteiger partial charge on any atom is 0.277 e. The van der Waals surface area contributed by atoms with E-state index < -0.39 is 10.2 Å². The maximum atomic E-state index is 11.3. The van der Waals surface area contributed by atoms with Crippen LogP contribution >= 0.6 is 0 Å². The summed E-state index contributed by atoms with van der Waals surface area (Å²) in [5.41, 5.74) is 0. The molecule has 0 bridgehead atoms. The monoisotopic (exact) mass is 237 g/mol. The molecule has 0 aliphatic heterocycles. The Morgan fingerprint density at radius 3 is 2.33 bits per heavy atom. The van der Waals surface area contributed by atoms with Crippen molar-refractivity contribution in [1.82, 2.24) is 9.62 Å². The zero-order valence-corrected chi connectivity index (χ0v) is 10.0. The molecular formula is C8H19N3O3S. The van der Waals surface area contributed by atoms with Crippen LogP contribution in [0, 0.1) is 0 Å². The van der Waals surface area contributed by atoms with E-state index in [9.17, 15) is 13.2 Å². The smallest absolute Gasteiger partial charge is 0.277 e. The topological polar surface area (TPSA) is 92.5 Å². The number of hydrogen-bond acceptors (Lipinski definition) is 3. The summed E-state index contributed by atoms with van der Waals surface area (Å²) in [6.45, 7) is 4.35. The van der Waals surface area contributed by atoms with Gasteiger partial charge >= 0.3 is 0 Å². The second-order valence-corrected chi connectivity index (χ2v) is 4.77. The zero-order chi connectivity index (χ0) is 11.9. The quantitative estimate of drug-likeness (QED) is 0.621. The van der Waals surface area contributed by atoms with Gasteiger partial charge < -0.3 is 5.32 Å². The van der Waals surface area contributed by atoms with Crippen LogP contribution in [-0.2, 0) is 15.0 Å². The number of nitrogens with zero attached hydrogens (tertiary/aromatic N) is 1. The standard InChI is InChI=1S/C8H19N3O3S/c1-3-5-10-8(12)7-11(6-4-2)15(9,13)14/h3-7H2,1-2H3,(H,10,12)(H2,9,13,14). The number of amides is 1. The highest BCUT2D eigenvalue weighted by molar-refractivity contribution is 7.86. The van der Waals surface area contributed by atoms with Gasteiger partial charge in [-0.1, -0.05) is 13.8 Å². The van der Waals surface area contributed by atoms with E-state index in [0.717, 1.165) is 10.7 Å². The number of hydrogen-bond donors (Lipinski definition) is 2. The molecule has 0 heterocycles. The molecule has 0 atom stereocenters. The van der Waals surface area contributed by atoms with Gasteiger partial charge in [0.2, 0.25) is 5.91 Å². The van der Waals surface area contributed by atoms with Crippen molar-refractivity contribution in [1.29, 1.82) is 0 Å². The Morgan fingerprint density at radius 2 is 1.93 bits per heavy atom. The summed E-state index contributed by atoms with van der Waals surface area (Å²) < 4.78 is 23.1. The first-order valence-electron chi connectivity index (χ1n) is 4.96. The highest BCUT2D eigenvalue weighted by atomic mass is 32.2. The van der Waals surface area contributed by atoms with E-state index in [1.807, 2.05) is 13.8 Å². The summed E-state index contributed by atoms with van der Waals surface area (Å²) in [6.07, 6.45) is 1.44.